The van der Waals surface area contributed by atoms with Gasteiger partial charge >= 0.3 is 0 Å². The van der Waals surface area contributed by atoms with Gasteiger partial charge in [-0.15, -0.1) is 11.3 Å². The number of phenols is 1. The third-order valence-corrected chi connectivity index (χ3v) is 4.15. The molecule has 0 aliphatic carbocycles. The lowest BCUT2D eigenvalue weighted by Gasteiger charge is -2.09. The Hall–Kier alpha value is -3.12. The zero-order valence-electron chi connectivity index (χ0n) is 12.5. The van der Waals surface area contributed by atoms with Gasteiger partial charge in [0.2, 0.25) is 0 Å². The van der Waals surface area contributed by atoms with Gasteiger partial charge in [-0.25, -0.2) is 0 Å². The summed E-state index contributed by atoms with van der Waals surface area (Å²) < 4.78 is 0. The van der Waals surface area contributed by atoms with E-state index in [1.807, 2.05) is 5.38 Å². The van der Waals surface area contributed by atoms with E-state index >= 15 is 0 Å². The Kier molecular flexibility index (Phi) is 4.58. The number of thiophene rings is 1. The minimum atomic E-state index is -0.372. The van der Waals surface area contributed by atoms with Crippen LogP contribution in [0, 0.1) is 0 Å². The van der Waals surface area contributed by atoms with Crippen molar-refractivity contribution in [3.8, 4) is 5.75 Å². The topological polar surface area (TPSA) is 78.4 Å². The highest BCUT2D eigenvalue weighted by molar-refractivity contribution is 7.12. The van der Waals surface area contributed by atoms with Crippen molar-refractivity contribution in [2.45, 2.75) is 0 Å². The predicted molar refractivity (Wildman–Crippen MR) is 94.8 cm³/mol. The molecule has 0 atom stereocenters. The van der Waals surface area contributed by atoms with E-state index in [-0.39, 0.29) is 17.6 Å². The molecule has 3 aromatic rings. The first kappa shape index (κ1) is 15.8. The summed E-state index contributed by atoms with van der Waals surface area (Å²) in [6, 6.07) is 16.6. The maximum Gasteiger partial charge on any atom is 0.265 e. The number of aromatic hydroxyl groups is 1. The lowest BCUT2D eigenvalue weighted by molar-refractivity contribution is 0.101. The fourth-order valence-corrected chi connectivity index (χ4v) is 2.73. The van der Waals surface area contributed by atoms with Crippen LogP contribution in [0.25, 0.3) is 0 Å². The molecule has 120 valence electrons. The molecular weight excluding hydrogens is 324 g/mol. The molecule has 1 heterocycles. The molecule has 0 bridgehead atoms. The number of nitrogens with one attached hydrogen (secondary N) is 2. The highest BCUT2D eigenvalue weighted by atomic mass is 32.1. The Morgan fingerprint density at radius 2 is 1.71 bits per heavy atom. The van der Waals surface area contributed by atoms with E-state index in [4.69, 9.17) is 0 Å². The Balaban J connectivity index is 1.74. The van der Waals surface area contributed by atoms with Crippen molar-refractivity contribution in [3.05, 3.63) is 76.5 Å². The zero-order chi connectivity index (χ0) is 16.9. The van der Waals surface area contributed by atoms with Crippen LogP contribution in [-0.4, -0.2) is 16.9 Å². The van der Waals surface area contributed by atoms with E-state index < -0.39 is 0 Å². The van der Waals surface area contributed by atoms with Crippen LogP contribution in [0.4, 0.5) is 11.4 Å². The number of hydrogen-bond donors (Lipinski definition) is 3. The number of phenolic OH excluding ortho intramolecular Hbond substituents is 1. The van der Waals surface area contributed by atoms with Crippen molar-refractivity contribution >= 4 is 34.5 Å². The predicted octanol–water partition coefficient (Wildman–Crippen LogP) is 3.96. The number of carbonyl (C=O) groups is 2. The van der Waals surface area contributed by atoms with Gasteiger partial charge in [-0.2, -0.15) is 0 Å². The van der Waals surface area contributed by atoms with E-state index in [2.05, 4.69) is 10.6 Å². The molecule has 0 spiro atoms. The normalized spacial score (nSPS) is 10.2. The molecule has 0 fully saturated rings. The number of anilines is 2. The quantitative estimate of drug-likeness (QED) is 0.630. The fraction of sp³-hybridized carbons (Fsp3) is 0. The van der Waals surface area contributed by atoms with E-state index in [9.17, 15) is 14.7 Å². The van der Waals surface area contributed by atoms with Crippen molar-refractivity contribution in [2.75, 3.05) is 10.6 Å². The monoisotopic (exact) mass is 338 g/mol. The second kappa shape index (κ2) is 6.97. The van der Waals surface area contributed by atoms with Crippen molar-refractivity contribution < 1.29 is 14.7 Å². The number of rotatable bonds is 4. The van der Waals surface area contributed by atoms with Crippen LogP contribution >= 0.6 is 11.3 Å². The van der Waals surface area contributed by atoms with Gasteiger partial charge in [-0.3, -0.25) is 9.59 Å². The molecule has 1 aromatic heterocycles. The van der Waals surface area contributed by atoms with Gasteiger partial charge in [0.15, 0.2) is 0 Å². The molecule has 24 heavy (non-hydrogen) atoms. The third-order valence-electron chi connectivity index (χ3n) is 3.28. The average Bonchev–Trinajstić information content (AvgIpc) is 3.12. The van der Waals surface area contributed by atoms with Crippen LogP contribution in [0.5, 0.6) is 5.75 Å². The summed E-state index contributed by atoms with van der Waals surface area (Å²) in [6.07, 6.45) is 0. The molecule has 0 aliphatic heterocycles. The number of hydrogen-bond acceptors (Lipinski definition) is 4. The summed E-state index contributed by atoms with van der Waals surface area (Å²) in [7, 11) is 0. The Morgan fingerprint density at radius 3 is 2.46 bits per heavy atom. The van der Waals surface area contributed by atoms with Crippen LogP contribution in [0.15, 0.2) is 66.0 Å². The molecule has 2 amide bonds. The lowest BCUT2D eigenvalue weighted by Crippen LogP contribution is -2.14. The summed E-state index contributed by atoms with van der Waals surface area (Å²) in [5, 5.41) is 16.9. The molecule has 3 N–H and O–H groups in total. The number of benzene rings is 2. The summed E-state index contributed by atoms with van der Waals surface area (Å²) >= 11 is 1.35. The van der Waals surface area contributed by atoms with Crippen molar-refractivity contribution in [3.63, 3.8) is 0 Å². The van der Waals surface area contributed by atoms with Crippen molar-refractivity contribution in [1.29, 1.82) is 0 Å². The van der Waals surface area contributed by atoms with Gasteiger partial charge in [-0.05, 0) is 41.8 Å². The van der Waals surface area contributed by atoms with Crippen molar-refractivity contribution in [1.82, 2.24) is 0 Å². The first-order chi connectivity index (χ1) is 11.6. The molecule has 0 aliphatic rings. The molecule has 0 unspecified atom stereocenters. The van der Waals surface area contributed by atoms with Gasteiger partial charge in [0.1, 0.15) is 5.75 Å². The number of para-hydroxylation sites is 2. The molecule has 2 aromatic carbocycles. The van der Waals surface area contributed by atoms with Crippen molar-refractivity contribution in [2.24, 2.45) is 0 Å². The van der Waals surface area contributed by atoms with Gasteiger partial charge < -0.3 is 15.7 Å². The van der Waals surface area contributed by atoms with E-state index in [1.54, 1.807) is 54.6 Å². The first-order valence-electron chi connectivity index (χ1n) is 7.18. The smallest absolute Gasteiger partial charge is 0.265 e. The lowest BCUT2D eigenvalue weighted by atomic mass is 10.1. The summed E-state index contributed by atoms with van der Waals surface area (Å²) in [5.74, 6) is -0.597. The minimum Gasteiger partial charge on any atom is -0.506 e. The molecule has 0 saturated carbocycles. The van der Waals surface area contributed by atoms with E-state index in [1.165, 1.54) is 17.4 Å². The molecule has 0 radical (unpaired) electrons. The molecule has 0 saturated heterocycles. The van der Waals surface area contributed by atoms with E-state index in [0.29, 0.717) is 21.8 Å². The summed E-state index contributed by atoms with van der Waals surface area (Å²) in [6.45, 7) is 0. The molecular formula is C18H14N2O3S. The van der Waals surface area contributed by atoms with Crippen LogP contribution in [-0.2, 0) is 0 Å². The van der Waals surface area contributed by atoms with Gasteiger partial charge in [0.05, 0.1) is 10.6 Å². The van der Waals surface area contributed by atoms with Crippen LogP contribution in [0.1, 0.15) is 20.0 Å². The highest BCUT2D eigenvalue weighted by Gasteiger charge is 2.11. The van der Waals surface area contributed by atoms with Crippen LogP contribution < -0.4 is 10.6 Å². The van der Waals surface area contributed by atoms with Gasteiger partial charge in [0, 0.05) is 11.3 Å². The minimum absolute atomic E-state index is 0.00648. The molecule has 5 nitrogen and oxygen atoms in total. The number of amides is 2. The molecule has 3 rings (SSSR count). The second-order valence-corrected chi connectivity index (χ2v) is 5.93. The number of carbonyl (C=O) groups excluding carboxylic acids is 2. The van der Waals surface area contributed by atoms with Crippen LogP contribution in [0.3, 0.4) is 0 Å². The molecule has 6 heteroatoms. The third kappa shape index (κ3) is 3.61. The summed E-state index contributed by atoms with van der Waals surface area (Å²) in [4.78, 5) is 25.0. The maximum absolute atomic E-state index is 12.3. The second-order valence-electron chi connectivity index (χ2n) is 4.98. The van der Waals surface area contributed by atoms with Gasteiger partial charge in [-0.1, -0.05) is 24.3 Å². The average molecular weight is 338 g/mol. The fourth-order valence-electron chi connectivity index (χ4n) is 2.11. The van der Waals surface area contributed by atoms with E-state index in [0.717, 1.165) is 0 Å². The summed E-state index contributed by atoms with van der Waals surface area (Å²) in [5.41, 5.74) is 1.23. The highest BCUT2D eigenvalue weighted by Crippen LogP contribution is 2.23. The van der Waals surface area contributed by atoms with Crippen LogP contribution in [0.2, 0.25) is 0 Å². The first-order valence-corrected chi connectivity index (χ1v) is 8.06. The largest absolute Gasteiger partial charge is 0.506 e. The standard InChI is InChI=1S/C18H14N2O3S/c21-15-8-2-1-7-14(15)20-17(22)12-5-3-6-13(11-12)19-18(23)16-9-4-10-24-16/h1-11,21H,(H,19,23)(H,20,22). The Bertz CT molecular complexity index is 875. The SMILES string of the molecule is O=C(Nc1ccccc1O)c1cccc(NC(=O)c2cccs2)c1. The maximum atomic E-state index is 12.3. The Labute approximate surface area is 142 Å². The Morgan fingerprint density at radius 1 is 0.875 bits per heavy atom. The van der Waals surface area contributed by atoms with Gasteiger partial charge in [0.25, 0.3) is 11.8 Å². The zero-order valence-corrected chi connectivity index (χ0v) is 13.3.